The van der Waals surface area contributed by atoms with Gasteiger partial charge in [0.2, 0.25) is 0 Å². The van der Waals surface area contributed by atoms with Gasteiger partial charge in [-0.3, -0.25) is 20.2 Å². The molecule has 100 heavy (non-hydrogen) atoms. The molecule has 0 bridgehead atoms. The van der Waals surface area contributed by atoms with E-state index in [1.165, 1.54) is 86.1 Å². The molecular weight excluding hydrogens is 1250 g/mol. The Kier molecular flexibility index (Phi) is 39.5. The van der Waals surface area contributed by atoms with Crippen molar-refractivity contribution in [2.24, 2.45) is 0 Å². The molecule has 10 aromatic carbocycles. The van der Waals surface area contributed by atoms with Gasteiger partial charge in [-0.05, 0) is 153 Å². The van der Waals surface area contributed by atoms with Crippen LogP contribution in [0.3, 0.4) is 0 Å². The second kappa shape index (κ2) is 45.4. The quantitative estimate of drug-likeness (QED) is 0.0690. The molecule has 0 saturated heterocycles. The fourth-order valence-electron chi connectivity index (χ4n) is 9.44. The van der Waals surface area contributed by atoms with Crippen LogP contribution < -0.4 is 4.74 Å². The SMILES string of the molecule is CC(C)c1ccc([N+](=O)[O-])cc1.CC(C)c1ccc2ccccc2c1.CC(C)c1cccc(C(F)(F)F)c1.CC(C)c1cccc(F)c1.CC(C)c1ccccc1.CC(C)c1ccccc1[N+](=O)[O-].COc1ccc(C(C)C)cc1.Cc1ccc(C(C)C)cc1.Cc1cccc(C(C)C)c1. The lowest BCUT2D eigenvalue weighted by Gasteiger charge is -2.10. The summed E-state index contributed by atoms with van der Waals surface area (Å²) in [4.78, 5) is 20.1. The summed E-state index contributed by atoms with van der Waals surface area (Å²) in [5.41, 5.74) is 13.2. The Hall–Kier alpha value is -9.22. The molecule has 0 saturated carbocycles. The number of benzene rings is 10. The van der Waals surface area contributed by atoms with Crippen molar-refractivity contribution in [2.45, 2.75) is 198 Å². The maximum atomic E-state index is 12.5. The normalized spacial score (nSPS) is 10.6. The number of hydrogen-bond acceptors (Lipinski definition) is 5. The number of nitro groups is 2. The molecule has 0 N–H and O–H groups in total. The van der Waals surface area contributed by atoms with Crippen molar-refractivity contribution in [1.82, 2.24) is 0 Å². The van der Waals surface area contributed by atoms with Crippen LogP contribution in [-0.2, 0) is 6.18 Å². The third kappa shape index (κ3) is 34.0. The summed E-state index contributed by atoms with van der Waals surface area (Å²) < 4.78 is 54.3. The van der Waals surface area contributed by atoms with Gasteiger partial charge in [-0.15, -0.1) is 0 Å². The highest BCUT2D eigenvalue weighted by Crippen LogP contribution is 2.31. The van der Waals surface area contributed by atoms with Crippen LogP contribution in [0.25, 0.3) is 10.8 Å². The molecule has 0 aliphatic carbocycles. The van der Waals surface area contributed by atoms with Gasteiger partial charge < -0.3 is 4.74 Å². The molecule has 536 valence electrons. The molecular formula is C89H112F4N2O5. The smallest absolute Gasteiger partial charge is 0.416 e. The number of non-ortho nitro benzene ring substituents is 1. The van der Waals surface area contributed by atoms with Crippen LogP contribution in [0.5, 0.6) is 5.75 Å². The van der Waals surface area contributed by atoms with Gasteiger partial charge in [-0.2, -0.15) is 13.2 Å². The highest BCUT2D eigenvalue weighted by molar-refractivity contribution is 5.83. The summed E-state index contributed by atoms with van der Waals surface area (Å²) in [7, 11) is 1.68. The van der Waals surface area contributed by atoms with E-state index in [9.17, 15) is 37.8 Å². The predicted molar refractivity (Wildman–Crippen MR) is 417 cm³/mol. The first-order valence-electron chi connectivity index (χ1n) is 34.8. The van der Waals surface area contributed by atoms with Crippen molar-refractivity contribution in [3.8, 4) is 5.75 Å². The largest absolute Gasteiger partial charge is 0.497 e. The first-order valence-corrected chi connectivity index (χ1v) is 34.8. The van der Waals surface area contributed by atoms with Crippen LogP contribution in [0.4, 0.5) is 28.9 Å². The lowest BCUT2D eigenvalue weighted by molar-refractivity contribution is -0.385. The third-order valence-corrected chi connectivity index (χ3v) is 16.1. The molecule has 10 rings (SSSR count). The molecule has 0 aromatic heterocycles. The molecule has 0 amide bonds. The van der Waals surface area contributed by atoms with E-state index in [1.807, 2.05) is 58.0 Å². The summed E-state index contributed by atoms with van der Waals surface area (Å²) in [6, 6.07) is 76.9. The van der Waals surface area contributed by atoms with E-state index < -0.39 is 11.7 Å². The van der Waals surface area contributed by atoms with Gasteiger partial charge in [0.1, 0.15) is 11.6 Å². The number of nitrogens with zero attached hydrogens (tertiary/aromatic N) is 2. The topological polar surface area (TPSA) is 95.5 Å². The minimum absolute atomic E-state index is 0.127. The first-order chi connectivity index (χ1) is 47.1. The molecule has 0 aliphatic rings. The zero-order chi connectivity index (χ0) is 75.2. The second-order valence-corrected chi connectivity index (χ2v) is 27.4. The highest BCUT2D eigenvalue weighted by Gasteiger charge is 2.30. The fraction of sp³-hybridized carbons (Fsp3) is 0.348. The van der Waals surface area contributed by atoms with Crippen LogP contribution in [0.2, 0.25) is 0 Å². The maximum absolute atomic E-state index is 12.5. The van der Waals surface area contributed by atoms with Crippen molar-refractivity contribution in [2.75, 3.05) is 7.11 Å². The van der Waals surface area contributed by atoms with E-state index in [0.717, 1.165) is 34.1 Å². The van der Waals surface area contributed by atoms with Gasteiger partial charge in [0.25, 0.3) is 11.4 Å². The van der Waals surface area contributed by atoms with E-state index in [4.69, 9.17) is 4.74 Å². The average molecular weight is 1370 g/mol. The zero-order valence-corrected chi connectivity index (χ0v) is 63.2. The summed E-state index contributed by atoms with van der Waals surface area (Å²) >= 11 is 0. The second-order valence-electron chi connectivity index (χ2n) is 27.4. The third-order valence-electron chi connectivity index (χ3n) is 16.1. The Morgan fingerprint density at radius 2 is 0.700 bits per heavy atom. The Labute approximate surface area is 597 Å². The number of fused-ring (bicyclic) bond motifs is 1. The number of para-hydroxylation sites is 1. The Morgan fingerprint density at radius 3 is 1.09 bits per heavy atom. The summed E-state index contributed by atoms with van der Waals surface area (Å²) in [6.07, 6.45) is -4.23. The molecule has 0 radical (unpaired) electrons. The average Bonchev–Trinajstić information content (AvgIpc) is 0.851. The first kappa shape index (κ1) is 86.9. The van der Waals surface area contributed by atoms with Crippen LogP contribution >= 0.6 is 0 Å². The van der Waals surface area contributed by atoms with Gasteiger partial charge in [-0.1, -0.05) is 330 Å². The van der Waals surface area contributed by atoms with E-state index in [1.54, 1.807) is 49.6 Å². The van der Waals surface area contributed by atoms with Gasteiger partial charge in [0.15, 0.2) is 0 Å². The minimum atomic E-state index is -4.23. The molecule has 0 unspecified atom stereocenters. The fourth-order valence-corrected chi connectivity index (χ4v) is 9.44. The van der Waals surface area contributed by atoms with E-state index >= 15 is 0 Å². The number of methoxy groups -OCH3 is 1. The Morgan fingerprint density at radius 1 is 0.330 bits per heavy atom. The number of alkyl halides is 3. The highest BCUT2D eigenvalue weighted by atomic mass is 19.4. The molecule has 0 atom stereocenters. The van der Waals surface area contributed by atoms with Crippen LogP contribution in [0.15, 0.2) is 243 Å². The number of halogens is 4. The lowest BCUT2D eigenvalue weighted by atomic mass is 9.99. The van der Waals surface area contributed by atoms with Crippen LogP contribution in [0, 0.1) is 39.9 Å². The van der Waals surface area contributed by atoms with Crippen molar-refractivity contribution in [3.63, 3.8) is 0 Å². The number of aryl methyl sites for hydroxylation is 2. The molecule has 10 aromatic rings. The summed E-state index contributed by atoms with van der Waals surface area (Å²) in [5, 5.41) is 23.5. The number of rotatable bonds is 12. The Bertz CT molecular complexity index is 3840. The predicted octanol–water partition coefficient (Wildman–Crippen LogP) is 28.0. The standard InChI is InChI=1S/C13H14.C10H11F3.C10H14O.2C10H14.C9H11F.2C9H11NO2.C9H12/c1-10(2)12-8-7-11-5-3-4-6-13(11)9-12;1-7(2)8-4-3-5-9(6-8)10(11,12)13;1-8(2)9-4-6-10(11-3)7-5-9;1-8(2)10-6-4-9(3)5-7-10;1-8(2)10-6-4-5-9(3)7-10;1-7(2)8-4-3-5-9(10)6-8;1-7(2)8-3-5-9(6-4-8)10(11)12;1-7(2)8-5-3-4-6-9(8)10(11)12;1-8(2)9-6-4-3-5-7-9/h3-10H,1-2H3;3-7H,1-2H3;4-8H,1-3H3;2*4-8H,1-3H3;3-7H,1-2H3;2*3-7H,1-2H3;3-8H,1-2H3. The van der Waals surface area contributed by atoms with Crippen molar-refractivity contribution in [3.05, 3.63) is 335 Å². The summed E-state index contributed by atoms with van der Waals surface area (Å²) in [6.45, 7) is 42.2. The lowest BCUT2D eigenvalue weighted by Crippen LogP contribution is -2.05. The van der Waals surface area contributed by atoms with E-state index in [0.29, 0.717) is 41.4 Å². The van der Waals surface area contributed by atoms with Gasteiger partial charge >= 0.3 is 6.18 Å². The van der Waals surface area contributed by atoms with Crippen LogP contribution in [-0.4, -0.2) is 17.0 Å². The molecule has 0 aliphatic heterocycles. The zero-order valence-electron chi connectivity index (χ0n) is 63.2. The molecule has 0 fully saturated rings. The minimum Gasteiger partial charge on any atom is -0.497 e. The van der Waals surface area contributed by atoms with Gasteiger partial charge in [0, 0.05) is 23.8 Å². The summed E-state index contributed by atoms with van der Waals surface area (Å²) in [5.74, 6) is 5.12. The number of nitro benzene ring substituents is 2. The van der Waals surface area contributed by atoms with Crippen molar-refractivity contribution >= 4 is 22.1 Å². The van der Waals surface area contributed by atoms with E-state index in [2.05, 4.69) is 238 Å². The molecule has 11 heteroatoms. The van der Waals surface area contributed by atoms with Crippen molar-refractivity contribution < 1.29 is 32.1 Å². The molecule has 7 nitrogen and oxygen atoms in total. The van der Waals surface area contributed by atoms with Crippen LogP contribution in [0.1, 0.15) is 245 Å². The van der Waals surface area contributed by atoms with Crippen molar-refractivity contribution in [1.29, 1.82) is 0 Å². The molecule has 0 spiro atoms. The Balaban J connectivity index is 0.000000383. The maximum Gasteiger partial charge on any atom is 0.416 e. The number of hydrogen-bond donors (Lipinski definition) is 0. The van der Waals surface area contributed by atoms with Gasteiger partial charge in [-0.25, -0.2) is 4.39 Å². The number of ether oxygens (including phenoxy) is 1. The van der Waals surface area contributed by atoms with Gasteiger partial charge in [0.05, 0.1) is 22.5 Å². The molecule has 0 heterocycles. The monoisotopic (exact) mass is 1360 g/mol. The van der Waals surface area contributed by atoms with E-state index in [-0.39, 0.29) is 38.9 Å².